The predicted molar refractivity (Wildman–Crippen MR) is 110 cm³/mol. The third-order valence-corrected chi connectivity index (χ3v) is 6.27. The molecule has 3 rings (SSSR count). The zero-order chi connectivity index (χ0) is 19.1. The monoisotopic (exact) mass is 428 g/mol. The van der Waals surface area contributed by atoms with Gasteiger partial charge in [-0.05, 0) is 37.1 Å². The Kier molecular flexibility index (Phi) is 7.35. The van der Waals surface area contributed by atoms with Crippen molar-refractivity contribution >= 4 is 46.7 Å². The molecule has 0 bridgehead atoms. The van der Waals surface area contributed by atoms with Crippen molar-refractivity contribution in [3.63, 3.8) is 0 Å². The van der Waals surface area contributed by atoms with Crippen molar-refractivity contribution in [2.45, 2.75) is 28.7 Å². The molecule has 1 atom stereocenters. The fourth-order valence-electron chi connectivity index (χ4n) is 2.45. The van der Waals surface area contributed by atoms with Crippen LogP contribution in [0.25, 0.3) is 0 Å². The number of rotatable bonds is 10. The molecule has 0 spiro atoms. The Morgan fingerprint density at radius 3 is 2.85 bits per heavy atom. The number of alkyl halides is 2. The van der Waals surface area contributed by atoms with E-state index in [9.17, 15) is 4.79 Å². The molecule has 1 aliphatic carbocycles. The lowest BCUT2D eigenvalue weighted by Crippen LogP contribution is -2.30. The zero-order valence-corrected chi connectivity index (χ0v) is 17.1. The number of urea groups is 1. The van der Waals surface area contributed by atoms with E-state index in [0.29, 0.717) is 25.7 Å². The summed E-state index contributed by atoms with van der Waals surface area (Å²) in [4.78, 5) is 13.1. The van der Waals surface area contributed by atoms with Crippen molar-refractivity contribution in [2.75, 3.05) is 24.2 Å². The van der Waals surface area contributed by atoms with Crippen molar-refractivity contribution in [3.8, 4) is 0 Å². The van der Waals surface area contributed by atoms with Crippen LogP contribution >= 0.6 is 35.0 Å². The van der Waals surface area contributed by atoms with Gasteiger partial charge in [-0.15, -0.1) is 35.0 Å². The average Bonchev–Trinajstić information content (AvgIpc) is 3.02. The Morgan fingerprint density at radius 1 is 1.30 bits per heavy atom. The number of thioether (sulfide) groups is 1. The highest BCUT2D eigenvalue weighted by Crippen LogP contribution is 2.55. The van der Waals surface area contributed by atoms with E-state index < -0.39 is 4.33 Å². The largest absolute Gasteiger partial charge is 0.467 e. The SMILES string of the molecule is O=C(NCCCOCc1ccco1)Nc1ccccc1SCC1CC1(Cl)Cl. The summed E-state index contributed by atoms with van der Waals surface area (Å²) < 4.78 is 10.1. The van der Waals surface area contributed by atoms with Gasteiger partial charge in [0.25, 0.3) is 0 Å². The molecule has 146 valence electrons. The summed E-state index contributed by atoms with van der Waals surface area (Å²) in [6.45, 7) is 1.52. The van der Waals surface area contributed by atoms with Crippen LogP contribution < -0.4 is 10.6 Å². The summed E-state index contributed by atoms with van der Waals surface area (Å²) in [5.74, 6) is 1.93. The second kappa shape index (κ2) is 9.73. The van der Waals surface area contributed by atoms with Crippen LogP contribution in [-0.2, 0) is 11.3 Å². The molecule has 2 amide bonds. The van der Waals surface area contributed by atoms with Gasteiger partial charge in [-0.25, -0.2) is 4.79 Å². The second-order valence-electron chi connectivity index (χ2n) is 6.34. The molecule has 2 N–H and O–H groups in total. The lowest BCUT2D eigenvalue weighted by atomic mass is 10.3. The quantitative estimate of drug-likeness (QED) is 0.306. The number of amides is 2. The van der Waals surface area contributed by atoms with Crippen LogP contribution in [0.2, 0.25) is 0 Å². The molecule has 27 heavy (non-hydrogen) atoms. The average molecular weight is 429 g/mol. The molecule has 2 aromatic rings. The van der Waals surface area contributed by atoms with Gasteiger partial charge in [-0.1, -0.05) is 12.1 Å². The maximum absolute atomic E-state index is 12.1. The number of para-hydroxylation sites is 1. The van der Waals surface area contributed by atoms with Gasteiger partial charge in [-0.3, -0.25) is 0 Å². The van der Waals surface area contributed by atoms with Crippen molar-refractivity contribution in [1.82, 2.24) is 5.32 Å². The first-order valence-electron chi connectivity index (χ1n) is 8.79. The minimum Gasteiger partial charge on any atom is -0.467 e. The van der Waals surface area contributed by atoms with E-state index in [-0.39, 0.29) is 6.03 Å². The third kappa shape index (κ3) is 6.64. The van der Waals surface area contributed by atoms with E-state index in [4.69, 9.17) is 32.4 Å². The highest BCUT2D eigenvalue weighted by molar-refractivity contribution is 7.99. The number of carbonyl (C=O) groups excluding carboxylic acids is 1. The maximum atomic E-state index is 12.1. The highest BCUT2D eigenvalue weighted by atomic mass is 35.5. The Morgan fingerprint density at radius 2 is 2.11 bits per heavy atom. The molecule has 0 saturated heterocycles. The van der Waals surface area contributed by atoms with Crippen molar-refractivity contribution < 1.29 is 13.9 Å². The molecular weight excluding hydrogens is 407 g/mol. The molecule has 1 aliphatic rings. The molecule has 5 nitrogen and oxygen atoms in total. The number of anilines is 1. The summed E-state index contributed by atoms with van der Waals surface area (Å²) in [5.41, 5.74) is 0.782. The fourth-order valence-corrected chi connectivity index (χ4v) is 4.39. The Hall–Kier alpha value is -1.34. The number of nitrogens with one attached hydrogen (secondary N) is 2. The number of hydrogen-bond acceptors (Lipinski definition) is 4. The number of benzene rings is 1. The Labute approximate surface area is 173 Å². The number of halogens is 2. The van der Waals surface area contributed by atoms with Crippen LogP contribution in [0, 0.1) is 5.92 Å². The van der Waals surface area contributed by atoms with Gasteiger partial charge >= 0.3 is 6.03 Å². The van der Waals surface area contributed by atoms with Crippen LogP contribution in [0.15, 0.2) is 52.0 Å². The van der Waals surface area contributed by atoms with Gasteiger partial charge in [0.15, 0.2) is 0 Å². The van der Waals surface area contributed by atoms with Crippen LogP contribution in [0.3, 0.4) is 0 Å². The molecule has 1 heterocycles. The summed E-state index contributed by atoms with van der Waals surface area (Å²) in [5, 5.41) is 5.73. The van der Waals surface area contributed by atoms with Gasteiger partial charge in [-0.2, -0.15) is 0 Å². The van der Waals surface area contributed by atoms with E-state index in [2.05, 4.69) is 10.6 Å². The van der Waals surface area contributed by atoms with Crippen LogP contribution in [0.1, 0.15) is 18.6 Å². The molecule has 1 unspecified atom stereocenters. The second-order valence-corrected chi connectivity index (χ2v) is 8.94. The Balaban J connectivity index is 1.34. The number of ether oxygens (including phenoxy) is 1. The fraction of sp³-hybridized carbons (Fsp3) is 0.421. The van der Waals surface area contributed by atoms with Gasteiger partial charge in [0.1, 0.15) is 16.7 Å². The van der Waals surface area contributed by atoms with Crippen molar-refractivity contribution in [3.05, 3.63) is 48.4 Å². The van der Waals surface area contributed by atoms with Gasteiger partial charge in [0, 0.05) is 29.7 Å². The van der Waals surface area contributed by atoms with E-state index in [1.807, 2.05) is 36.4 Å². The normalized spacial score (nSPS) is 17.5. The third-order valence-electron chi connectivity index (χ3n) is 4.11. The van der Waals surface area contributed by atoms with E-state index >= 15 is 0 Å². The van der Waals surface area contributed by atoms with Crippen molar-refractivity contribution in [2.24, 2.45) is 5.92 Å². The molecular formula is C19H22Cl2N2O3S. The molecule has 0 aliphatic heterocycles. The molecule has 8 heteroatoms. The smallest absolute Gasteiger partial charge is 0.319 e. The predicted octanol–water partition coefficient (Wildman–Crippen LogP) is 5.29. The van der Waals surface area contributed by atoms with Gasteiger partial charge in [0.2, 0.25) is 0 Å². The van der Waals surface area contributed by atoms with Crippen LogP contribution in [0.5, 0.6) is 0 Å². The topological polar surface area (TPSA) is 63.5 Å². The molecule has 0 radical (unpaired) electrons. The van der Waals surface area contributed by atoms with E-state index in [1.165, 1.54) is 0 Å². The summed E-state index contributed by atoms with van der Waals surface area (Å²) in [6, 6.07) is 11.2. The van der Waals surface area contributed by atoms with E-state index in [0.717, 1.165) is 34.9 Å². The zero-order valence-electron chi connectivity index (χ0n) is 14.8. The molecule has 1 aromatic carbocycles. The molecule has 1 saturated carbocycles. The highest BCUT2D eigenvalue weighted by Gasteiger charge is 2.51. The Bertz CT molecular complexity index is 740. The lowest BCUT2D eigenvalue weighted by Gasteiger charge is -2.12. The van der Waals surface area contributed by atoms with Crippen LogP contribution in [-0.4, -0.2) is 29.3 Å². The number of carbonyl (C=O) groups is 1. The maximum Gasteiger partial charge on any atom is 0.319 e. The lowest BCUT2D eigenvalue weighted by molar-refractivity contribution is 0.104. The first-order valence-corrected chi connectivity index (χ1v) is 10.5. The van der Waals surface area contributed by atoms with Gasteiger partial charge < -0.3 is 19.8 Å². The minimum absolute atomic E-state index is 0.232. The first-order chi connectivity index (χ1) is 13.0. The van der Waals surface area contributed by atoms with E-state index in [1.54, 1.807) is 18.0 Å². The first kappa shape index (κ1) is 20.4. The van der Waals surface area contributed by atoms with Crippen molar-refractivity contribution in [1.29, 1.82) is 0 Å². The minimum atomic E-state index is -0.578. The number of furan rings is 1. The number of hydrogen-bond donors (Lipinski definition) is 2. The standard InChI is InChI=1S/C19H22Cl2N2O3S/c20-19(21)11-14(19)13-27-17-7-2-1-6-16(17)23-18(24)22-8-4-9-25-12-15-5-3-10-26-15/h1-3,5-7,10,14H,4,8-9,11-13H2,(H2,22,23,24). The molecule has 1 fully saturated rings. The summed E-state index contributed by atoms with van der Waals surface area (Å²) in [6.07, 6.45) is 3.16. The van der Waals surface area contributed by atoms with Crippen LogP contribution in [0.4, 0.5) is 10.5 Å². The van der Waals surface area contributed by atoms with Gasteiger partial charge in [0.05, 0.1) is 12.0 Å². The molecule has 1 aromatic heterocycles. The summed E-state index contributed by atoms with van der Waals surface area (Å²) >= 11 is 13.8. The summed E-state index contributed by atoms with van der Waals surface area (Å²) in [7, 11) is 0.